The average Bonchev–Trinajstić information content (AvgIpc) is 2.42. The zero-order valence-electron chi connectivity index (χ0n) is 13.1. The number of hydrogen-bond acceptors (Lipinski definition) is 5. The molecule has 0 radical (unpaired) electrons. The van der Waals surface area contributed by atoms with Crippen molar-refractivity contribution in [3.8, 4) is 5.75 Å². The number of aliphatic hydroxyl groups is 2. The van der Waals surface area contributed by atoms with Crippen molar-refractivity contribution in [2.75, 3.05) is 13.7 Å². The first kappa shape index (κ1) is 18.5. The number of carbonyl (C=O) groups excluding carboxylic acids is 1. The number of aliphatic hydroxyl groups excluding tert-OH is 2. The van der Waals surface area contributed by atoms with Crippen molar-refractivity contribution in [2.24, 2.45) is 0 Å². The number of amides is 1. The number of halogens is 1. The maximum Gasteiger partial charge on any atom is 0.407 e. The minimum Gasteiger partial charge on any atom is -0.497 e. The molecule has 124 valence electrons. The number of methoxy groups -OCH3 is 1. The minimum atomic E-state index is -1.24. The second kappa shape index (κ2) is 7.67. The molecule has 22 heavy (non-hydrogen) atoms. The lowest BCUT2D eigenvalue weighted by Crippen LogP contribution is -2.38. The van der Waals surface area contributed by atoms with Crippen molar-refractivity contribution in [2.45, 2.75) is 38.6 Å². The summed E-state index contributed by atoms with van der Waals surface area (Å²) < 4.78 is 10.1. The first-order valence-electron chi connectivity index (χ1n) is 6.80. The Morgan fingerprint density at radius 3 is 2.50 bits per heavy atom. The van der Waals surface area contributed by atoms with E-state index in [1.54, 1.807) is 32.9 Å². The molecule has 2 unspecified atom stereocenters. The fraction of sp³-hybridized carbons (Fsp3) is 0.533. The molecule has 0 aliphatic rings. The largest absolute Gasteiger partial charge is 0.497 e. The van der Waals surface area contributed by atoms with Crippen LogP contribution in [0, 0.1) is 0 Å². The van der Waals surface area contributed by atoms with E-state index in [0.29, 0.717) is 11.3 Å². The zero-order chi connectivity index (χ0) is 16.9. The van der Waals surface area contributed by atoms with E-state index in [2.05, 4.69) is 5.32 Å². The predicted molar refractivity (Wildman–Crippen MR) is 83.2 cm³/mol. The van der Waals surface area contributed by atoms with E-state index in [1.165, 1.54) is 13.2 Å². The summed E-state index contributed by atoms with van der Waals surface area (Å²) in [5, 5.41) is 22.7. The highest BCUT2D eigenvalue weighted by Gasteiger charge is 2.23. The number of carbonyl (C=O) groups is 1. The third-order valence-electron chi connectivity index (χ3n) is 2.75. The van der Waals surface area contributed by atoms with Crippen LogP contribution in [0.5, 0.6) is 5.75 Å². The van der Waals surface area contributed by atoms with E-state index in [4.69, 9.17) is 21.1 Å². The molecule has 1 aromatic rings. The summed E-state index contributed by atoms with van der Waals surface area (Å²) in [6.07, 6.45) is -3.13. The van der Waals surface area contributed by atoms with Crippen LogP contribution in [0.2, 0.25) is 5.02 Å². The van der Waals surface area contributed by atoms with Crippen LogP contribution in [0.15, 0.2) is 18.2 Å². The van der Waals surface area contributed by atoms with Crippen LogP contribution >= 0.6 is 11.6 Å². The molecule has 1 aromatic carbocycles. The number of rotatable bonds is 5. The van der Waals surface area contributed by atoms with Crippen molar-refractivity contribution < 1.29 is 24.5 Å². The molecule has 1 amide bonds. The molecule has 0 aliphatic carbocycles. The monoisotopic (exact) mass is 331 g/mol. The van der Waals surface area contributed by atoms with Crippen LogP contribution in [-0.4, -0.2) is 41.7 Å². The second-order valence-electron chi connectivity index (χ2n) is 5.78. The third kappa shape index (κ3) is 5.71. The molecule has 0 saturated heterocycles. The summed E-state index contributed by atoms with van der Waals surface area (Å²) in [5.74, 6) is 0.544. The van der Waals surface area contributed by atoms with Gasteiger partial charge in [0.1, 0.15) is 23.6 Å². The topological polar surface area (TPSA) is 88.0 Å². The second-order valence-corrected chi connectivity index (χ2v) is 6.19. The molecule has 3 N–H and O–H groups in total. The SMILES string of the molecule is COc1ccc(C(O)C(O)CNC(=O)OC(C)(C)C)c(Cl)c1. The van der Waals surface area contributed by atoms with Gasteiger partial charge in [0.25, 0.3) is 0 Å². The highest BCUT2D eigenvalue weighted by Crippen LogP contribution is 2.28. The van der Waals surface area contributed by atoms with E-state index >= 15 is 0 Å². The lowest BCUT2D eigenvalue weighted by Gasteiger charge is -2.22. The molecule has 0 saturated carbocycles. The number of benzene rings is 1. The molecule has 6 nitrogen and oxygen atoms in total. The van der Waals surface area contributed by atoms with Gasteiger partial charge in [0, 0.05) is 12.1 Å². The van der Waals surface area contributed by atoms with Crippen molar-refractivity contribution >= 4 is 17.7 Å². The van der Waals surface area contributed by atoms with Gasteiger partial charge in [-0.3, -0.25) is 0 Å². The molecular weight excluding hydrogens is 310 g/mol. The molecule has 0 bridgehead atoms. The van der Waals surface area contributed by atoms with Crippen LogP contribution in [0.1, 0.15) is 32.4 Å². The standard InChI is InChI=1S/C15H22ClNO5/c1-15(2,3)22-14(20)17-8-12(18)13(19)10-6-5-9(21-4)7-11(10)16/h5-7,12-13,18-19H,8H2,1-4H3,(H,17,20). The molecular formula is C15H22ClNO5. The van der Waals surface area contributed by atoms with Gasteiger partial charge in [-0.15, -0.1) is 0 Å². The molecule has 0 fully saturated rings. The van der Waals surface area contributed by atoms with E-state index in [0.717, 1.165) is 0 Å². The van der Waals surface area contributed by atoms with E-state index in [-0.39, 0.29) is 11.6 Å². The number of alkyl carbamates (subject to hydrolysis) is 1. The molecule has 2 atom stereocenters. The Hall–Kier alpha value is -1.50. The van der Waals surface area contributed by atoms with Crippen LogP contribution in [0.25, 0.3) is 0 Å². The summed E-state index contributed by atoms with van der Waals surface area (Å²) in [5.41, 5.74) is -0.284. The molecule has 7 heteroatoms. The summed E-state index contributed by atoms with van der Waals surface area (Å²) >= 11 is 6.03. The summed E-state index contributed by atoms with van der Waals surface area (Å²) in [4.78, 5) is 11.5. The third-order valence-corrected chi connectivity index (χ3v) is 3.07. The highest BCUT2D eigenvalue weighted by molar-refractivity contribution is 6.31. The van der Waals surface area contributed by atoms with Crippen molar-refractivity contribution in [1.29, 1.82) is 0 Å². The lowest BCUT2D eigenvalue weighted by atomic mass is 10.0. The summed E-state index contributed by atoms with van der Waals surface area (Å²) in [6.45, 7) is 5.03. The van der Waals surface area contributed by atoms with Gasteiger partial charge in [0.15, 0.2) is 0 Å². The fourth-order valence-electron chi connectivity index (χ4n) is 1.70. The Bertz CT molecular complexity index is 515. The first-order chi connectivity index (χ1) is 10.1. The number of hydrogen-bond donors (Lipinski definition) is 3. The smallest absolute Gasteiger partial charge is 0.407 e. The van der Waals surface area contributed by atoms with E-state index in [9.17, 15) is 15.0 Å². The Morgan fingerprint density at radius 2 is 2.00 bits per heavy atom. The van der Waals surface area contributed by atoms with Crippen LogP contribution < -0.4 is 10.1 Å². The predicted octanol–water partition coefficient (Wildman–Crippen LogP) is 2.27. The van der Waals surface area contributed by atoms with Gasteiger partial charge in [-0.2, -0.15) is 0 Å². The summed E-state index contributed by atoms with van der Waals surface area (Å²) in [7, 11) is 1.50. The highest BCUT2D eigenvalue weighted by atomic mass is 35.5. The Morgan fingerprint density at radius 1 is 1.36 bits per heavy atom. The molecule has 0 aliphatic heterocycles. The van der Waals surface area contributed by atoms with Gasteiger partial charge < -0.3 is 25.0 Å². The fourth-order valence-corrected chi connectivity index (χ4v) is 1.98. The molecule has 0 heterocycles. The quantitative estimate of drug-likeness (QED) is 0.770. The van der Waals surface area contributed by atoms with Crippen molar-refractivity contribution in [3.05, 3.63) is 28.8 Å². The van der Waals surface area contributed by atoms with Gasteiger partial charge in [-0.1, -0.05) is 17.7 Å². The van der Waals surface area contributed by atoms with Gasteiger partial charge in [0.05, 0.1) is 12.1 Å². The molecule has 0 spiro atoms. The molecule has 1 rings (SSSR count). The van der Waals surface area contributed by atoms with Crippen LogP contribution in [0.3, 0.4) is 0 Å². The first-order valence-corrected chi connectivity index (χ1v) is 7.18. The minimum absolute atomic E-state index is 0.168. The Balaban J connectivity index is 2.62. The lowest BCUT2D eigenvalue weighted by molar-refractivity contribution is 0.0130. The van der Waals surface area contributed by atoms with Gasteiger partial charge in [-0.25, -0.2) is 4.79 Å². The van der Waals surface area contributed by atoms with Gasteiger partial charge in [-0.05, 0) is 32.9 Å². The number of nitrogens with one attached hydrogen (secondary N) is 1. The average molecular weight is 332 g/mol. The number of ether oxygens (including phenoxy) is 2. The maximum absolute atomic E-state index is 11.5. The zero-order valence-corrected chi connectivity index (χ0v) is 13.8. The van der Waals surface area contributed by atoms with Crippen LogP contribution in [0.4, 0.5) is 4.79 Å². The maximum atomic E-state index is 11.5. The normalized spacial score (nSPS) is 14.1. The van der Waals surface area contributed by atoms with Crippen molar-refractivity contribution in [3.63, 3.8) is 0 Å². The Kier molecular flexibility index (Phi) is 6.47. The molecule has 0 aromatic heterocycles. The Labute approximate surface area is 135 Å². The van der Waals surface area contributed by atoms with E-state index in [1.807, 2.05) is 0 Å². The van der Waals surface area contributed by atoms with E-state index < -0.39 is 23.9 Å². The van der Waals surface area contributed by atoms with Gasteiger partial charge in [0.2, 0.25) is 0 Å². The van der Waals surface area contributed by atoms with Crippen LogP contribution in [-0.2, 0) is 4.74 Å². The summed E-state index contributed by atoms with van der Waals surface area (Å²) in [6, 6.07) is 4.72. The van der Waals surface area contributed by atoms with Crippen molar-refractivity contribution in [1.82, 2.24) is 5.32 Å². The van der Waals surface area contributed by atoms with Gasteiger partial charge >= 0.3 is 6.09 Å².